The number of thiazole rings is 1. The topological polar surface area (TPSA) is 40.5 Å². The third-order valence-electron chi connectivity index (χ3n) is 2.98. The van der Waals surface area contributed by atoms with E-state index in [1.54, 1.807) is 24.5 Å². The number of aliphatic imine (C=N–C) groups is 1. The van der Waals surface area contributed by atoms with Crippen molar-refractivity contribution in [3.63, 3.8) is 0 Å². The molecule has 112 valence electrons. The van der Waals surface area contributed by atoms with Crippen LogP contribution in [-0.2, 0) is 13.1 Å². The van der Waals surface area contributed by atoms with Crippen LogP contribution >= 0.6 is 11.3 Å². The predicted octanol–water partition coefficient (Wildman–Crippen LogP) is 2.80. The lowest BCUT2D eigenvalue weighted by Crippen LogP contribution is -2.38. The Morgan fingerprint density at radius 1 is 1.48 bits per heavy atom. The zero-order valence-electron chi connectivity index (χ0n) is 12.4. The van der Waals surface area contributed by atoms with E-state index < -0.39 is 0 Å². The molecule has 0 atom stereocenters. The van der Waals surface area contributed by atoms with Crippen LogP contribution in [-0.4, -0.2) is 29.9 Å². The van der Waals surface area contributed by atoms with Crippen LogP contribution in [0.4, 0.5) is 4.39 Å². The Labute approximate surface area is 128 Å². The zero-order chi connectivity index (χ0) is 15.2. The Kier molecular flexibility index (Phi) is 5.27. The molecule has 0 aliphatic heterocycles. The van der Waals surface area contributed by atoms with Crippen LogP contribution in [0.15, 0.2) is 34.6 Å². The van der Waals surface area contributed by atoms with E-state index in [1.807, 2.05) is 30.3 Å². The molecule has 0 amide bonds. The molecular weight excluding hydrogens is 287 g/mol. The second-order valence-corrected chi connectivity index (χ2v) is 5.81. The van der Waals surface area contributed by atoms with Gasteiger partial charge in [-0.3, -0.25) is 4.99 Å². The fourth-order valence-electron chi connectivity index (χ4n) is 2.01. The van der Waals surface area contributed by atoms with Gasteiger partial charge in [-0.2, -0.15) is 0 Å². The van der Waals surface area contributed by atoms with Gasteiger partial charge in [0.2, 0.25) is 0 Å². The standard InChI is InChI=1S/C15H19FN4S/c1-11-19-14(10-21-11)9-20(3)15(17-2)18-8-12-5-4-6-13(16)7-12/h4-7,10H,8-9H2,1-3H3,(H,17,18). The van der Waals surface area contributed by atoms with Gasteiger partial charge in [-0.15, -0.1) is 11.3 Å². The normalized spacial score (nSPS) is 11.5. The lowest BCUT2D eigenvalue weighted by Gasteiger charge is -2.21. The van der Waals surface area contributed by atoms with E-state index in [9.17, 15) is 4.39 Å². The maximum absolute atomic E-state index is 13.1. The molecular formula is C15H19FN4S. The van der Waals surface area contributed by atoms with Gasteiger partial charge < -0.3 is 10.2 Å². The first kappa shape index (κ1) is 15.4. The third-order valence-corrected chi connectivity index (χ3v) is 3.80. The molecule has 4 nitrogen and oxygen atoms in total. The fourth-order valence-corrected chi connectivity index (χ4v) is 2.62. The Morgan fingerprint density at radius 3 is 2.90 bits per heavy atom. The summed E-state index contributed by atoms with van der Waals surface area (Å²) in [5.41, 5.74) is 1.91. The average molecular weight is 306 g/mol. The molecule has 0 radical (unpaired) electrons. The molecule has 0 aliphatic rings. The number of rotatable bonds is 4. The molecule has 2 rings (SSSR count). The lowest BCUT2D eigenvalue weighted by atomic mass is 10.2. The summed E-state index contributed by atoms with van der Waals surface area (Å²) in [5.74, 6) is 0.528. The average Bonchev–Trinajstić information content (AvgIpc) is 2.85. The molecule has 0 unspecified atom stereocenters. The molecule has 1 N–H and O–H groups in total. The largest absolute Gasteiger partial charge is 0.352 e. The molecule has 0 spiro atoms. The Hall–Kier alpha value is -1.95. The van der Waals surface area contributed by atoms with Gasteiger partial charge in [0.15, 0.2) is 5.96 Å². The summed E-state index contributed by atoms with van der Waals surface area (Å²) in [4.78, 5) is 10.7. The highest BCUT2D eigenvalue weighted by atomic mass is 32.1. The van der Waals surface area contributed by atoms with Crippen LogP contribution in [0.5, 0.6) is 0 Å². The second kappa shape index (κ2) is 7.17. The van der Waals surface area contributed by atoms with Gasteiger partial charge >= 0.3 is 0 Å². The molecule has 0 saturated heterocycles. The molecule has 6 heteroatoms. The van der Waals surface area contributed by atoms with Gasteiger partial charge in [0.05, 0.1) is 17.2 Å². The van der Waals surface area contributed by atoms with Gasteiger partial charge in [0.25, 0.3) is 0 Å². The summed E-state index contributed by atoms with van der Waals surface area (Å²) in [6.07, 6.45) is 0. The van der Waals surface area contributed by atoms with Crippen molar-refractivity contribution >= 4 is 17.3 Å². The maximum atomic E-state index is 13.1. The van der Waals surface area contributed by atoms with Crippen molar-refractivity contribution in [2.45, 2.75) is 20.0 Å². The van der Waals surface area contributed by atoms with Crippen molar-refractivity contribution in [3.05, 3.63) is 51.7 Å². The molecule has 1 aromatic heterocycles. The van der Waals surface area contributed by atoms with Gasteiger partial charge in [-0.05, 0) is 24.6 Å². The van der Waals surface area contributed by atoms with E-state index in [2.05, 4.69) is 15.3 Å². The first-order valence-corrected chi connectivity index (χ1v) is 7.53. The van der Waals surface area contributed by atoms with Crippen molar-refractivity contribution in [1.29, 1.82) is 0 Å². The van der Waals surface area contributed by atoms with E-state index in [0.29, 0.717) is 13.1 Å². The minimum Gasteiger partial charge on any atom is -0.352 e. The van der Waals surface area contributed by atoms with E-state index in [0.717, 1.165) is 22.2 Å². The first-order valence-electron chi connectivity index (χ1n) is 6.65. The van der Waals surface area contributed by atoms with Gasteiger partial charge in [-0.25, -0.2) is 9.37 Å². The van der Waals surface area contributed by atoms with Crippen LogP contribution in [0.1, 0.15) is 16.3 Å². The van der Waals surface area contributed by atoms with Crippen LogP contribution in [0.3, 0.4) is 0 Å². The number of nitrogens with one attached hydrogen (secondary N) is 1. The summed E-state index contributed by atoms with van der Waals surface area (Å²) >= 11 is 1.64. The molecule has 0 bridgehead atoms. The number of halogens is 1. The second-order valence-electron chi connectivity index (χ2n) is 4.74. The Bertz CT molecular complexity index is 624. The third kappa shape index (κ3) is 4.53. The SMILES string of the molecule is CN=C(NCc1cccc(F)c1)N(C)Cc1csc(C)n1. The molecule has 0 fully saturated rings. The van der Waals surface area contributed by atoms with E-state index in [-0.39, 0.29) is 5.82 Å². The first-order chi connectivity index (χ1) is 10.1. The fraction of sp³-hybridized carbons (Fsp3) is 0.333. The molecule has 0 saturated carbocycles. The number of benzene rings is 1. The van der Waals surface area contributed by atoms with Crippen LogP contribution in [0.2, 0.25) is 0 Å². The highest BCUT2D eigenvalue weighted by Gasteiger charge is 2.08. The molecule has 1 heterocycles. The van der Waals surface area contributed by atoms with Crippen LogP contribution in [0, 0.1) is 12.7 Å². The zero-order valence-corrected chi connectivity index (χ0v) is 13.2. The summed E-state index contributed by atoms with van der Waals surface area (Å²) in [5, 5.41) is 6.33. The van der Waals surface area contributed by atoms with Crippen LogP contribution in [0.25, 0.3) is 0 Å². The van der Waals surface area contributed by atoms with Crippen molar-refractivity contribution in [2.75, 3.05) is 14.1 Å². The van der Waals surface area contributed by atoms with E-state index in [4.69, 9.17) is 0 Å². The maximum Gasteiger partial charge on any atom is 0.194 e. The summed E-state index contributed by atoms with van der Waals surface area (Å²) in [6, 6.07) is 6.54. The number of hydrogen-bond donors (Lipinski definition) is 1. The Morgan fingerprint density at radius 2 is 2.29 bits per heavy atom. The van der Waals surface area contributed by atoms with Crippen molar-refractivity contribution in [2.24, 2.45) is 4.99 Å². The number of nitrogens with zero attached hydrogens (tertiary/aromatic N) is 3. The smallest absolute Gasteiger partial charge is 0.194 e. The van der Waals surface area contributed by atoms with Crippen molar-refractivity contribution in [3.8, 4) is 0 Å². The summed E-state index contributed by atoms with van der Waals surface area (Å²) in [7, 11) is 3.69. The van der Waals surface area contributed by atoms with Crippen LogP contribution < -0.4 is 5.32 Å². The van der Waals surface area contributed by atoms with Crippen molar-refractivity contribution in [1.82, 2.24) is 15.2 Å². The molecule has 1 aromatic carbocycles. The summed E-state index contributed by atoms with van der Waals surface area (Å²) in [6.45, 7) is 3.21. The molecule has 2 aromatic rings. The van der Waals surface area contributed by atoms with Gasteiger partial charge in [-0.1, -0.05) is 12.1 Å². The van der Waals surface area contributed by atoms with Gasteiger partial charge in [0.1, 0.15) is 5.82 Å². The number of aromatic nitrogens is 1. The van der Waals surface area contributed by atoms with E-state index in [1.165, 1.54) is 12.1 Å². The highest BCUT2D eigenvalue weighted by Crippen LogP contribution is 2.10. The predicted molar refractivity (Wildman–Crippen MR) is 84.9 cm³/mol. The monoisotopic (exact) mass is 306 g/mol. The molecule has 21 heavy (non-hydrogen) atoms. The van der Waals surface area contributed by atoms with Gasteiger partial charge in [0, 0.05) is 26.0 Å². The Balaban J connectivity index is 1.93. The quantitative estimate of drug-likeness (QED) is 0.697. The highest BCUT2D eigenvalue weighted by molar-refractivity contribution is 7.09. The van der Waals surface area contributed by atoms with E-state index >= 15 is 0 Å². The minimum atomic E-state index is -0.226. The lowest BCUT2D eigenvalue weighted by molar-refractivity contribution is 0.470. The van der Waals surface area contributed by atoms with Crippen molar-refractivity contribution < 1.29 is 4.39 Å². The minimum absolute atomic E-state index is 0.226. The number of hydrogen-bond acceptors (Lipinski definition) is 3. The number of guanidine groups is 1. The number of aryl methyl sites for hydroxylation is 1. The summed E-state index contributed by atoms with van der Waals surface area (Å²) < 4.78 is 13.1. The molecule has 0 aliphatic carbocycles.